The molecule has 1 aliphatic rings. The first-order valence-electron chi connectivity index (χ1n) is 5.42. The average molecular weight is 241 g/mol. The fraction of sp³-hybridized carbons (Fsp3) is 0.417. The monoisotopic (exact) mass is 241 g/mol. The highest BCUT2D eigenvalue weighted by molar-refractivity contribution is 5.95. The topological polar surface area (TPSA) is 40.5 Å². The summed E-state index contributed by atoms with van der Waals surface area (Å²) in [4.78, 5) is 13.2. The van der Waals surface area contributed by atoms with E-state index < -0.39 is 29.2 Å². The van der Waals surface area contributed by atoms with Crippen LogP contribution in [0.4, 0.5) is 8.78 Å². The van der Waals surface area contributed by atoms with Crippen LogP contribution < -0.4 is 0 Å². The average Bonchev–Trinajstić information content (AvgIpc) is 2.71. The van der Waals surface area contributed by atoms with Gasteiger partial charge >= 0.3 is 0 Å². The van der Waals surface area contributed by atoms with Crippen LogP contribution >= 0.6 is 0 Å². The molecule has 0 spiro atoms. The van der Waals surface area contributed by atoms with E-state index in [4.69, 9.17) is 0 Å². The molecular formula is C12H13F2NO2. The molecule has 1 aliphatic heterocycles. The van der Waals surface area contributed by atoms with Crippen LogP contribution in [-0.4, -0.2) is 35.1 Å². The molecule has 5 heteroatoms. The van der Waals surface area contributed by atoms with E-state index in [1.807, 2.05) is 0 Å². The molecule has 0 aromatic heterocycles. The van der Waals surface area contributed by atoms with Crippen molar-refractivity contribution in [2.75, 3.05) is 13.1 Å². The lowest BCUT2D eigenvalue weighted by Crippen LogP contribution is -2.31. The number of β-amino-alcohol motifs (C(OH)–C–C–N with tert-alkyl or cyclic N) is 1. The summed E-state index contributed by atoms with van der Waals surface area (Å²) in [7, 11) is 0. The van der Waals surface area contributed by atoms with Crippen LogP contribution in [0.2, 0.25) is 0 Å². The van der Waals surface area contributed by atoms with Gasteiger partial charge in [0.2, 0.25) is 0 Å². The minimum absolute atomic E-state index is 0.131. The van der Waals surface area contributed by atoms with E-state index in [2.05, 4.69) is 0 Å². The first kappa shape index (κ1) is 12.0. The summed E-state index contributed by atoms with van der Waals surface area (Å²) >= 11 is 0. The van der Waals surface area contributed by atoms with Crippen LogP contribution in [0.3, 0.4) is 0 Å². The van der Waals surface area contributed by atoms with E-state index in [1.165, 1.54) is 17.9 Å². The molecule has 0 radical (unpaired) electrons. The third kappa shape index (κ3) is 2.15. The van der Waals surface area contributed by atoms with Gasteiger partial charge in [-0.3, -0.25) is 4.79 Å². The number of aliphatic hydroxyl groups is 1. The first-order chi connectivity index (χ1) is 8.00. The molecule has 1 atom stereocenters. The highest BCUT2D eigenvalue weighted by atomic mass is 19.1. The van der Waals surface area contributed by atoms with Crippen molar-refractivity contribution in [1.82, 2.24) is 4.90 Å². The number of amides is 1. The van der Waals surface area contributed by atoms with Crippen LogP contribution in [0, 0.1) is 18.6 Å². The summed E-state index contributed by atoms with van der Waals surface area (Å²) < 4.78 is 27.2. The Balaban J connectivity index is 2.34. The van der Waals surface area contributed by atoms with E-state index in [9.17, 15) is 18.7 Å². The highest BCUT2D eigenvalue weighted by Gasteiger charge is 2.29. The van der Waals surface area contributed by atoms with Gasteiger partial charge in [0, 0.05) is 13.1 Å². The van der Waals surface area contributed by atoms with Gasteiger partial charge in [0.1, 0.15) is 17.2 Å². The Kier molecular flexibility index (Phi) is 3.11. The number of carbonyl (C=O) groups is 1. The SMILES string of the molecule is Cc1ccc(F)c(C(=O)N2CC[C@@H](O)C2)c1F. The number of likely N-dealkylation sites (tertiary alicyclic amines) is 1. The maximum Gasteiger partial charge on any atom is 0.259 e. The number of carbonyl (C=O) groups excluding carboxylic acids is 1. The highest BCUT2D eigenvalue weighted by Crippen LogP contribution is 2.20. The quantitative estimate of drug-likeness (QED) is 0.809. The van der Waals surface area contributed by atoms with E-state index in [1.54, 1.807) is 0 Å². The normalized spacial score (nSPS) is 19.8. The second-order valence-corrected chi connectivity index (χ2v) is 4.25. The van der Waals surface area contributed by atoms with E-state index in [0.717, 1.165) is 6.07 Å². The first-order valence-corrected chi connectivity index (χ1v) is 5.42. The number of hydrogen-bond acceptors (Lipinski definition) is 2. The van der Waals surface area contributed by atoms with Crippen molar-refractivity contribution in [2.24, 2.45) is 0 Å². The van der Waals surface area contributed by atoms with Crippen molar-refractivity contribution >= 4 is 5.91 Å². The lowest BCUT2D eigenvalue weighted by Gasteiger charge is -2.16. The minimum atomic E-state index is -0.862. The molecule has 1 aromatic carbocycles. The summed E-state index contributed by atoms with van der Waals surface area (Å²) in [5.41, 5.74) is -0.298. The smallest absolute Gasteiger partial charge is 0.259 e. The molecule has 1 amide bonds. The van der Waals surface area contributed by atoms with Crippen molar-refractivity contribution < 1.29 is 18.7 Å². The van der Waals surface area contributed by atoms with E-state index in [-0.39, 0.29) is 12.1 Å². The van der Waals surface area contributed by atoms with Crippen molar-refractivity contribution in [1.29, 1.82) is 0 Å². The largest absolute Gasteiger partial charge is 0.391 e. The summed E-state index contributed by atoms with van der Waals surface area (Å²) in [6, 6.07) is 2.37. The number of benzene rings is 1. The Bertz CT molecular complexity index is 462. The fourth-order valence-corrected chi connectivity index (χ4v) is 1.94. The number of aliphatic hydroxyl groups excluding tert-OH is 1. The Morgan fingerprint density at radius 2 is 2.18 bits per heavy atom. The molecule has 17 heavy (non-hydrogen) atoms. The molecule has 1 N–H and O–H groups in total. The van der Waals surface area contributed by atoms with Gasteiger partial charge in [0.15, 0.2) is 0 Å². The predicted octanol–water partition coefficient (Wildman–Crippen LogP) is 1.48. The Labute approximate surface area is 97.7 Å². The second-order valence-electron chi connectivity index (χ2n) is 4.25. The summed E-state index contributed by atoms with van der Waals surface area (Å²) in [6.07, 6.45) is -0.157. The van der Waals surface area contributed by atoms with Gasteiger partial charge in [-0.1, -0.05) is 6.07 Å². The Morgan fingerprint density at radius 3 is 2.76 bits per heavy atom. The lowest BCUT2D eigenvalue weighted by molar-refractivity contribution is 0.0755. The lowest BCUT2D eigenvalue weighted by atomic mass is 10.1. The Morgan fingerprint density at radius 1 is 1.47 bits per heavy atom. The molecular weight excluding hydrogens is 228 g/mol. The molecule has 0 saturated carbocycles. The summed E-state index contributed by atoms with van der Waals surface area (Å²) in [5, 5.41) is 9.31. The van der Waals surface area contributed by atoms with E-state index >= 15 is 0 Å². The number of halogens is 2. The molecule has 0 aliphatic carbocycles. The minimum Gasteiger partial charge on any atom is -0.391 e. The van der Waals surface area contributed by atoms with Crippen molar-refractivity contribution in [3.63, 3.8) is 0 Å². The number of rotatable bonds is 1. The standard InChI is InChI=1S/C12H13F2NO2/c1-7-2-3-9(13)10(11(7)14)12(17)15-5-4-8(16)6-15/h2-3,8,16H,4-6H2,1H3/t8-/m1/s1. The maximum atomic E-state index is 13.7. The number of hydrogen-bond donors (Lipinski definition) is 1. The van der Waals surface area contributed by atoms with Crippen LogP contribution in [0.15, 0.2) is 12.1 Å². The number of aryl methyl sites for hydroxylation is 1. The van der Waals surface area contributed by atoms with E-state index in [0.29, 0.717) is 13.0 Å². The van der Waals surface area contributed by atoms with Crippen molar-refractivity contribution in [2.45, 2.75) is 19.4 Å². The summed E-state index contributed by atoms with van der Waals surface area (Å²) in [5.74, 6) is -2.38. The van der Waals surface area contributed by atoms with Gasteiger partial charge in [-0.25, -0.2) is 8.78 Å². The van der Waals surface area contributed by atoms with Crippen LogP contribution in [0.1, 0.15) is 22.3 Å². The van der Waals surface area contributed by atoms with Crippen LogP contribution in [0.5, 0.6) is 0 Å². The fourth-order valence-electron chi connectivity index (χ4n) is 1.94. The number of nitrogens with zero attached hydrogens (tertiary/aromatic N) is 1. The van der Waals surface area contributed by atoms with Crippen molar-refractivity contribution in [3.8, 4) is 0 Å². The third-order valence-electron chi connectivity index (χ3n) is 2.95. The van der Waals surface area contributed by atoms with Gasteiger partial charge in [0.25, 0.3) is 5.91 Å². The van der Waals surface area contributed by atoms with Gasteiger partial charge < -0.3 is 10.0 Å². The zero-order valence-electron chi connectivity index (χ0n) is 9.41. The van der Waals surface area contributed by atoms with Crippen molar-refractivity contribution in [3.05, 3.63) is 34.9 Å². The zero-order valence-corrected chi connectivity index (χ0v) is 9.41. The van der Waals surface area contributed by atoms with Gasteiger partial charge in [-0.15, -0.1) is 0 Å². The molecule has 3 nitrogen and oxygen atoms in total. The molecule has 1 saturated heterocycles. The molecule has 2 rings (SSSR count). The molecule has 1 heterocycles. The summed E-state index contributed by atoms with van der Waals surface area (Å²) in [6.45, 7) is 1.93. The van der Waals surface area contributed by atoms with Crippen LogP contribution in [0.25, 0.3) is 0 Å². The molecule has 92 valence electrons. The zero-order chi connectivity index (χ0) is 12.6. The Hall–Kier alpha value is -1.49. The molecule has 1 fully saturated rings. The molecule has 1 aromatic rings. The molecule has 0 unspecified atom stereocenters. The van der Waals surface area contributed by atoms with Gasteiger partial charge in [-0.05, 0) is 25.0 Å². The van der Waals surface area contributed by atoms with Gasteiger partial charge in [0.05, 0.1) is 6.10 Å². The molecule has 0 bridgehead atoms. The second kappa shape index (κ2) is 4.41. The van der Waals surface area contributed by atoms with Gasteiger partial charge in [-0.2, -0.15) is 0 Å². The maximum absolute atomic E-state index is 13.7. The third-order valence-corrected chi connectivity index (χ3v) is 2.95. The van der Waals surface area contributed by atoms with Crippen LogP contribution in [-0.2, 0) is 0 Å². The predicted molar refractivity (Wildman–Crippen MR) is 57.6 cm³/mol.